The fourth-order valence-electron chi connectivity index (χ4n) is 4.15. The largest absolute Gasteiger partial charge is 0.312 e. The monoisotopic (exact) mass is 311 g/mol. The van der Waals surface area contributed by atoms with Crippen molar-refractivity contribution in [2.45, 2.75) is 38.1 Å². The lowest BCUT2D eigenvalue weighted by molar-refractivity contribution is 0.279. The lowest BCUT2D eigenvalue weighted by atomic mass is 9.83. The highest BCUT2D eigenvalue weighted by Crippen LogP contribution is 2.51. The molecule has 2 saturated carbocycles. The zero-order chi connectivity index (χ0) is 12.7. The van der Waals surface area contributed by atoms with Crippen molar-refractivity contribution in [3.63, 3.8) is 0 Å². The van der Waals surface area contributed by atoms with E-state index in [4.69, 9.17) is 0 Å². The minimum atomic E-state index is 0.427. The summed E-state index contributed by atoms with van der Waals surface area (Å²) >= 11 is 3.63. The fraction of sp³-hybridized carbons (Fsp3) is 0.786. The molecule has 0 aromatic carbocycles. The lowest BCUT2D eigenvalue weighted by Gasteiger charge is -2.27. The first-order valence-corrected chi connectivity index (χ1v) is 7.83. The predicted octanol–water partition coefficient (Wildman–Crippen LogP) is 3.27. The Morgan fingerprint density at radius 3 is 2.83 bits per heavy atom. The van der Waals surface area contributed by atoms with Crippen LogP contribution in [0.25, 0.3) is 0 Å². The highest BCUT2D eigenvalue weighted by atomic mass is 79.9. The zero-order valence-electron chi connectivity index (χ0n) is 11.2. The van der Waals surface area contributed by atoms with Crippen LogP contribution >= 0.6 is 15.9 Å². The normalized spacial score (nSPS) is 32.1. The summed E-state index contributed by atoms with van der Waals surface area (Å²) in [6.45, 7) is 0. The molecule has 18 heavy (non-hydrogen) atoms. The molecule has 2 bridgehead atoms. The Hall–Kier alpha value is -0.350. The maximum Gasteiger partial charge on any atom is 0.0692 e. The van der Waals surface area contributed by atoms with Crippen molar-refractivity contribution in [3.05, 3.63) is 16.4 Å². The van der Waals surface area contributed by atoms with Crippen LogP contribution in [-0.4, -0.2) is 16.8 Å². The average molecular weight is 312 g/mol. The molecule has 0 saturated heterocycles. The van der Waals surface area contributed by atoms with Crippen LogP contribution < -0.4 is 5.32 Å². The van der Waals surface area contributed by atoms with Gasteiger partial charge in [-0.25, -0.2) is 0 Å². The van der Waals surface area contributed by atoms with Crippen LogP contribution in [0.5, 0.6) is 0 Å². The SMILES string of the molecule is CNC(CC1CC2CCC1C2)c1c(Br)cnn1C. The fourth-order valence-corrected chi connectivity index (χ4v) is 4.77. The van der Waals surface area contributed by atoms with E-state index in [2.05, 4.69) is 33.4 Å². The van der Waals surface area contributed by atoms with E-state index in [0.29, 0.717) is 6.04 Å². The van der Waals surface area contributed by atoms with Crippen LogP contribution in [0.1, 0.15) is 43.8 Å². The third-order valence-corrected chi connectivity index (χ3v) is 5.65. The number of nitrogens with zero attached hydrogens (tertiary/aromatic N) is 2. The van der Waals surface area contributed by atoms with Gasteiger partial charge in [0, 0.05) is 7.05 Å². The van der Waals surface area contributed by atoms with E-state index in [1.165, 1.54) is 37.8 Å². The summed E-state index contributed by atoms with van der Waals surface area (Å²) in [5.74, 6) is 2.95. The van der Waals surface area contributed by atoms with Gasteiger partial charge in [-0.3, -0.25) is 4.68 Å². The molecular formula is C14H22BrN3. The second-order valence-electron chi connectivity index (χ2n) is 6.01. The van der Waals surface area contributed by atoms with E-state index in [1.807, 2.05) is 17.9 Å². The summed E-state index contributed by atoms with van der Waals surface area (Å²) in [5, 5.41) is 7.82. The Kier molecular flexibility index (Phi) is 3.50. The number of hydrogen-bond acceptors (Lipinski definition) is 2. The second kappa shape index (κ2) is 4.97. The minimum Gasteiger partial charge on any atom is -0.312 e. The second-order valence-corrected chi connectivity index (χ2v) is 6.87. The number of rotatable bonds is 4. The maximum atomic E-state index is 4.34. The van der Waals surface area contributed by atoms with Gasteiger partial charge in [-0.2, -0.15) is 5.10 Å². The molecule has 1 aromatic heterocycles. The van der Waals surface area contributed by atoms with Crippen LogP contribution in [0.4, 0.5) is 0 Å². The van der Waals surface area contributed by atoms with E-state index in [9.17, 15) is 0 Å². The van der Waals surface area contributed by atoms with Crippen LogP contribution in [0.3, 0.4) is 0 Å². The van der Waals surface area contributed by atoms with Crippen LogP contribution in [0.2, 0.25) is 0 Å². The van der Waals surface area contributed by atoms with Gasteiger partial charge >= 0.3 is 0 Å². The van der Waals surface area contributed by atoms with Crippen molar-refractivity contribution < 1.29 is 0 Å². The molecule has 0 spiro atoms. The molecule has 1 aromatic rings. The van der Waals surface area contributed by atoms with Crippen molar-refractivity contribution in [2.24, 2.45) is 24.8 Å². The first-order chi connectivity index (χ1) is 8.69. The molecule has 0 radical (unpaired) electrons. The number of halogens is 1. The van der Waals surface area contributed by atoms with Crippen molar-refractivity contribution in [2.75, 3.05) is 7.05 Å². The molecule has 2 fully saturated rings. The summed E-state index contributed by atoms with van der Waals surface area (Å²) in [5.41, 5.74) is 1.29. The Balaban J connectivity index is 1.74. The average Bonchev–Trinajstić information content (AvgIpc) is 3.04. The molecule has 1 heterocycles. The van der Waals surface area contributed by atoms with Gasteiger partial charge in [0.2, 0.25) is 0 Å². The third kappa shape index (κ3) is 2.14. The third-order valence-electron chi connectivity index (χ3n) is 5.04. The van der Waals surface area contributed by atoms with Crippen molar-refractivity contribution in [1.82, 2.24) is 15.1 Å². The van der Waals surface area contributed by atoms with Crippen LogP contribution in [0, 0.1) is 17.8 Å². The first-order valence-electron chi connectivity index (χ1n) is 7.03. The molecular weight excluding hydrogens is 290 g/mol. The molecule has 3 nitrogen and oxygen atoms in total. The molecule has 0 aliphatic heterocycles. The quantitative estimate of drug-likeness (QED) is 0.925. The molecule has 4 unspecified atom stereocenters. The van der Waals surface area contributed by atoms with E-state index < -0.39 is 0 Å². The number of hydrogen-bond donors (Lipinski definition) is 1. The van der Waals surface area contributed by atoms with Gasteiger partial charge in [-0.05, 0) is 66.4 Å². The number of fused-ring (bicyclic) bond motifs is 2. The highest BCUT2D eigenvalue weighted by molar-refractivity contribution is 9.10. The number of aryl methyl sites for hydroxylation is 1. The minimum absolute atomic E-state index is 0.427. The van der Waals surface area contributed by atoms with Crippen molar-refractivity contribution in [1.29, 1.82) is 0 Å². The highest BCUT2D eigenvalue weighted by Gasteiger charge is 2.40. The number of nitrogens with one attached hydrogen (secondary N) is 1. The molecule has 2 aliphatic rings. The number of aromatic nitrogens is 2. The van der Waals surface area contributed by atoms with Crippen molar-refractivity contribution in [3.8, 4) is 0 Å². The molecule has 1 N–H and O–H groups in total. The standard InChI is InChI=1S/C14H22BrN3/c1-16-13(14-12(15)8-17-18(14)2)7-11-6-9-3-4-10(11)5-9/h8-11,13,16H,3-7H2,1-2H3. The van der Waals surface area contributed by atoms with Crippen LogP contribution in [0.15, 0.2) is 10.7 Å². The Bertz CT molecular complexity index is 409. The smallest absolute Gasteiger partial charge is 0.0692 e. The van der Waals surface area contributed by atoms with Gasteiger partial charge in [-0.1, -0.05) is 6.42 Å². The molecule has 100 valence electrons. The summed E-state index contributed by atoms with van der Waals surface area (Å²) in [4.78, 5) is 0. The Morgan fingerprint density at radius 2 is 2.33 bits per heavy atom. The van der Waals surface area contributed by atoms with Gasteiger partial charge in [0.05, 0.1) is 22.4 Å². The molecule has 0 amide bonds. The van der Waals surface area contributed by atoms with Gasteiger partial charge in [0.15, 0.2) is 0 Å². The molecule has 4 atom stereocenters. The Morgan fingerprint density at radius 1 is 1.50 bits per heavy atom. The summed E-state index contributed by atoms with van der Waals surface area (Å²) in [6, 6.07) is 0.427. The van der Waals surface area contributed by atoms with Gasteiger partial charge in [-0.15, -0.1) is 0 Å². The summed E-state index contributed by atoms with van der Waals surface area (Å²) in [7, 11) is 4.10. The molecule has 4 heteroatoms. The predicted molar refractivity (Wildman–Crippen MR) is 76.3 cm³/mol. The van der Waals surface area contributed by atoms with E-state index >= 15 is 0 Å². The topological polar surface area (TPSA) is 29.9 Å². The van der Waals surface area contributed by atoms with Crippen LogP contribution in [-0.2, 0) is 7.05 Å². The van der Waals surface area contributed by atoms with Crippen molar-refractivity contribution >= 4 is 15.9 Å². The van der Waals surface area contributed by atoms with Gasteiger partial charge in [0.25, 0.3) is 0 Å². The van der Waals surface area contributed by atoms with Gasteiger partial charge in [0.1, 0.15) is 0 Å². The van der Waals surface area contributed by atoms with E-state index in [1.54, 1.807) is 0 Å². The first kappa shape index (κ1) is 12.7. The maximum absolute atomic E-state index is 4.34. The molecule has 3 rings (SSSR count). The van der Waals surface area contributed by atoms with E-state index in [0.717, 1.165) is 22.2 Å². The van der Waals surface area contributed by atoms with Gasteiger partial charge < -0.3 is 5.32 Å². The zero-order valence-corrected chi connectivity index (χ0v) is 12.8. The summed E-state index contributed by atoms with van der Waals surface area (Å²) < 4.78 is 3.13. The lowest BCUT2D eigenvalue weighted by Crippen LogP contribution is -2.24. The molecule has 2 aliphatic carbocycles. The Labute approximate surface area is 117 Å². The summed E-state index contributed by atoms with van der Waals surface area (Å²) in [6.07, 6.45) is 9.07. The van der Waals surface area contributed by atoms with E-state index in [-0.39, 0.29) is 0 Å².